The van der Waals surface area contributed by atoms with E-state index in [4.69, 9.17) is 9.98 Å². The van der Waals surface area contributed by atoms with E-state index in [1.807, 2.05) is 122 Å². The van der Waals surface area contributed by atoms with Gasteiger partial charge in [-0.1, -0.05) is 96.1 Å². The Morgan fingerprint density at radius 1 is 0.667 bits per heavy atom. The molecule has 8 heteroatoms. The van der Waals surface area contributed by atoms with Gasteiger partial charge in [-0.3, -0.25) is 9.80 Å². The summed E-state index contributed by atoms with van der Waals surface area (Å²) in [6.07, 6.45) is 0.542. The number of anilines is 4. The summed E-state index contributed by atoms with van der Waals surface area (Å²) in [4.78, 5) is 22.9. The molecule has 0 saturated carbocycles. The van der Waals surface area contributed by atoms with Gasteiger partial charge in [0.25, 0.3) is 0 Å². The van der Waals surface area contributed by atoms with E-state index < -0.39 is 0 Å². The molecule has 0 unspecified atom stereocenters. The normalized spacial score (nSPS) is 12.8. The van der Waals surface area contributed by atoms with Crippen LogP contribution in [0.15, 0.2) is 131 Å². The van der Waals surface area contributed by atoms with Gasteiger partial charge in [0.15, 0.2) is 34.7 Å². The molecule has 216 valence electrons. The Morgan fingerprint density at radius 3 is 1.60 bits per heavy atom. The number of fused-ring (bicyclic) bond motifs is 1. The molecule has 1 aromatic heterocycles. The fourth-order valence-electron chi connectivity index (χ4n) is 5.15. The van der Waals surface area contributed by atoms with Crippen LogP contribution in [0.4, 0.5) is 23.0 Å². The Kier molecular flexibility index (Phi) is 7.96. The van der Waals surface area contributed by atoms with Crippen molar-refractivity contribution in [2.24, 2.45) is 9.98 Å². The van der Waals surface area contributed by atoms with E-state index in [2.05, 4.69) is 34.9 Å². The SMILES string of the molecule is C=NC1=C(/N=C(\Cc2ccccc2)c2ccccc2)N(c2ccc(C)cc2)c2nc(C#N)c(C#N)nc2N1c1ccc(C)cc1. The standard InChI is InChI=1S/C37H28N8/c1-25-14-18-29(19-15-25)44-34(40-3)35(41-31(28-12-8-5-9-13-28)22-27-10-6-4-7-11-27)45(30-20-16-26(2)17-21-30)37-36(44)42-32(23-38)33(24-39)43-37/h4-21H,3,22H2,1-2H3/b41-31+. The smallest absolute Gasteiger partial charge is 0.184 e. The van der Waals surface area contributed by atoms with Gasteiger partial charge < -0.3 is 0 Å². The Balaban J connectivity index is 1.70. The van der Waals surface area contributed by atoms with Crippen LogP contribution >= 0.6 is 0 Å². The maximum absolute atomic E-state index is 9.98. The van der Waals surface area contributed by atoms with Crippen LogP contribution in [0.25, 0.3) is 0 Å². The number of aryl methyl sites for hydroxylation is 2. The fraction of sp³-hybridized carbons (Fsp3) is 0.0811. The molecule has 8 nitrogen and oxygen atoms in total. The average molecular weight is 585 g/mol. The van der Waals surface area contributed by atoms with Crippen molar-refractivity contribution >= 4 is 35.4 Å². The maximum atomic E-state index is 9.98. The van der Waals surface area contributed by atoms with Crippen molar-refractivity contribution in [3.05, 3.63) is 154 Å². The third-order valence-corrected chi connectivity index (χ3v) is 7.42. The molecule has 6 rings (SSSR count). The summed E-state index contributed by atoms with van der Waals surface area (Å²) in [5, 5.41) is 19.9. The molecule has 0 aliphatic carbocycles. The van der Waals surface area contributed by atoms with E-state index in [0.717, 1.165) is 39.3 Å². The van der Waals surface area contributed by atoms with E-state index in [1.54, 1.807) is 4.90 Å². The number of hydrogen-bond donors (Lipinski definition) is 0. The predicted molar refractivity (Wildman–Crippen MR) is 178 cm³/mol. The molecular weight excluding hydrogens is 556 g/mol. The first-order valence-corrected chi connectivity index (χ1v) is 14.3. The molecule has 0 atom stereocenters. The van der Waals surface area contributed by atoms with E-state index >= 15 is 0 Å². The van der Waals surface area contributed by atoms with Crippen molar-refractivity contribution in [1.82, 2.24) is 9.97 Å². The van der Waals surface area contributed by atoms with Gasteiger partial charge in [-0.2, -0.15) is 10.5 Å². The van der Waals surface area contributed by atoms with Gasteiger partial charge in [0.1, 0.15) is 12.1 Å². The highest BCUT2D eigenvalue weighted by atomic mass is 15.4. The van der Waals surface area contributed by atoms with Gasteiger partial charge in [0.05, 0.1) is 5.71 Å². The molecule has 0 spiro atoms. The monoisotopic (exact) mass is 584 g/mol. The van der Waals surface area contributed by atoms with Crippen LogP contribution in [0, 0.1) is 36.5 Å². The van der Waals surface area contributed by atoms with Gasteiger partial charge in [-0.25, -0.2) is 20.0 Å². The Labute approximate surface area is 262 Å². The molecule has 4 aromatic carbocycles. The van der Waals surface area contributed by atoms with Gasteiger partial charge in [-0.05, 0) is 56.0 Å². The lowest BCUT2D eigenvalue weighted by Crippen LogP contribution is -2.33. The van der Waals surface area contributed by atoms with E-state index in [1.165, 1.54) is 0 Å². The van der Waals surface area contributed by atoms with Gasteiger partial charge >= 0.3 is 0 Å². The van der Waals surface area contributed by atoms with Gasteiger partial charge in [-0.15, -0.1) is 0 Å². The first-order chi connectivity index (χ1) is 22.0. The molecule has 45 heavy (non-hydrogen) atoms. The summed E-state index contributed by atoms with van der Waals surface area (Å²) < 4.78 is 0. The number of nitriles is 2. The van der Waals surface area contributed by atoms with Crippen molar-refractivity contribution < 1.29 is 0 Å². The lowest BCUT2D eigenvalue weighted by molar-refractivity contribution is 0.909. The second-order valence-corrected chi connectivity index (χ2v) is 10.5. The molecule has 0 N–H and O–H groups in total. The van der Waals surface area contributed by atoms with Crippen molar-refractivity contribution in [3.63, 3.8) is 0 Å². The van der Waals surface area contributed by atoms with Gasteiger partial charge in [0.2, 0.25) is 0 Å². The van der Waals surface area contributed by atoms with Crippen molar-refractivity contribution in [2.75, 3.05) is 9.80 Å². The largest absolute Gasteiger partial charge is 0.273 e. The molecule has 0 amide bonds. The summed E-state index contributed by atoms with van der Waals surface area (Å²) in [5.41, 5.74) is 6.28. The van der Waals surface area contributed by atoms with Crippen LogP contribution in [0.2, 0.25) is 0 Å². The van der Waals surface area contributed by atoms with Crippen LogP contribution in [0.5, 0.6) is 0 Å². The van der Waals surface area contributed by atoms with E-state index in [9.17, 15) is 10.5 Å². The van der Waals surface area contributed by atoms with Crippen LogP contribution < -0.4 is 9.80 Å². The van der Waals surface area contributed by atoms with Crippen molar-refractivity contribution in [2.45, 2.75) is 20.3 Å². The maximum Gasteiger partial charge on any atom is 0.184 e. The second kappa shape index (κ2) is 12.5. The average Bonchev–Trinajstić information content (AvgIpc) is 3.08. The molecule has 0 fully saturated rings. The minimum absolute atomic E-state index is 0.0804. The minimum Gasteiger partial charge on any atom is -0.273 e. The second-order valence-electron chi connectivity index (χ2n) is 10.5. The summed E-state index contributed by atoms with van der Waals surface area (Å²) in [5.74, 6) is 1.52. The summed E-state index contributed by atoms with van der Waals surface area (Å²) in [6.45, 7) is 7.99. The number of nitrogens with zero attached hydrogens (tertiary/aromatic N) is 8. The molecule has 2 heterocycles. The number of rotatable bonds is 7. The highest BCUT2D eigenvalue weighted by molar-refractivity contribution is 6.03. The fourth-order valence-corrected chi connectivity index (χ4v) is 5.15. The molecule has 0 saturated heterocycles. The highest BCUT2D eigenvalue weighted by Crippen LogP contribution is 2.46. The molecule has 5 aromatic rings. The lowest BCUT2D eigenvalue weighted by Gasteiger charge is -2.37. The summed E-state index contributed by atoms with van der Waals surface area (Å²) in [7, 11) is 0. The Hall–Kier alpha value is -6.38. The van der Waals surface area contributed by atoms with Crippen LogP contribution in [-0.2, 0) is 6.42 Å². The van der Waals surface area contributed by atoms with Crippen molar-refractivity contribution in [3.8, 4) is 12.1 Å². The minimum atomic E-state index is -0.0818. The summed E-state index contributed by atoms with van der Waals surface area (Å²) in [6, 6.07) is 40.0. The van der Waals surface area contributed by atoms with E-state index in [0.29, 0.717) is 29.7 Å². The number of aromatic nitrogens is 2. The molecule has 0 radical (unpaired) electrons. The highest BCUT2D eigenvalue weighted by Gasteiger charge is 2.37. The third-order valence-electron chi connectivity index (χ3n) is 7.42. The quantitative estimate of drug-likeness (QED) is 0.182. The Morgan fingerprint density at radius 2 is 1.13 bits per heavy atom. The number of benzene rings is 4. The molecule has 0 bridgehead atoms. The van der Waals surface area contributed by atoms with Crippen LogP contribution in [0.3, 0.4) is 0 Å². The summed E-state index contributed by atoms with van der Waals surface area (Å²) >= 11 is 0. The molecule has 1 aliphatic rings. The predicted octanol–water partition coefficient (Wildman–Crippen LogP) is 7.69. The van der Waals surface area contributed by atoms with Gasteiger partial charge in [0, 0.05) is 17.8 Å². The van der Waals surface area contributed by atoms with E-state index in [-0.39, 0.29) is 11.4 Å². The van der Waals surface area contributed by atoms with Crippen LogP contribution in [0.1, 0.15) is 33.6 Å². The van der Waals surface area contributed by atoms with Crippen molar-refractivity contribution in [1.29, 1.82) is 10.5 Å². The lowest BCUT2D eigenvalue weighted by atomic mass is 10.0. The molecule has 1 aliphatic heterocycles. The topological polar surface area (TPSA) is 105 Å². The Bertz CT molecular complexity index is 2020. The first kappa shape index (κ1) is 28.7. The zero-order valence-electron chi connectivity index (χ0n) is 24.9. The zero-order valence-corrected chi connectivity index (χ0v) is 24.9. The third kappa shape index (κ3) is 5.69. The number of hydrogen-bond acceptors (Lipinski definition) is 8. The zero-order chi connectivity index (χ0) is 31.3. The number of aliphatic imine (C=N–C) groups is 2. The first-order valence-electron chi connectivity index (χ1n) is 14.3. The molecular formula is C37H28N8. The van der Waals surface area contributed by atoms with Crippen LogP contribution in [-0.4, -0.2) is 22.4 Å².